The van der Waals surface area contributed by atoms with E-state index < -0.39 is 30.1 Å². The number of hydrogen-bond acceptors (Lipinski definition) is 6. The second kappa shape index (κ2) is 9.75. The Balaban J connectivity index is 0.00000243. The van der Waals surface area contributed by atoms with Crippen LogP contribution in [-0.2, 0) is 25.5 Å². The van der Waals surface area contributed by atoms with Crippen molar-refractivity contribution in [3.05, 3.63) is 35.9 Å². The van der Waals surface area contributed by atoms with E-state index in [9.17, 15) is 19.5 Å². The van der Waals surface area contributed by atoms with Gasteiger partial charge in [0.15, 0.2) is 6.10 Å². The minimum atomic E-state index is -1.42. The molecule has 0 saturated carbocycles. The number of aliphatic carboxylic acids is 1. The number of rotatable bonds is 6. The second-order valence-corrected chi connectivity index (χ2v) is 7.21. The number of carbonyl (C=O) groups excluding carboxylic acids is 3. The zero-order valence-corrected chi connectivity index (χ0v) is 17.4. The predicted molar refractivity (Wildman–Crippen MR) is 89.6 cm³/mol. The minimum Gasteiger partial charge on any atom is -0.547 e. The molecule has 2 heterocycles. The molecule has 1 aromatic carbocycles. The molecule has 0 aromatic heterocycles. The van der Waals surface area contributed by atoms with Crippen LogP contribution in [0.15, 0.2) is 30.3 Å². The SMILES string of the molecule is O=C([O-])[C@H]1O[C@@H]1C(=O)N[C@@H](Cc1ccccc1)C(=O)N1CCSCC1.[Na+]. The van der Waals surface area contributed by atoms with Crippen molar-refractivity contribution in [2.75, 3.05) is 24.6 Å². The van der Waals surface area contributed by atoms with E-state index in [1.165, 1.54) is 0 Å². The summed E-state index contributed by atoms with van der Waals surface area (Å²) in [6.07, 6.45) is -1.95. The first kappa shape index (κ1) is 21.2. The van der Waals surface area contributed by atoms with Crippen LogP contribution in [0.1, 0.15) is 5.56 Å². The molecule has 3 atom stereocenters. The first-order valence-corrected chi connectivity index (χ1v) is 9.29. The van der Waals surface area contributed by atoms with Gasteiger partial charge in [-0.25, -0.2) is 0 Å². The third-order valence-electron chi connectivity index (χ3n) is 4.20. The number of thioether (sulfide) groups is 1. The molecule has 2 saturated heterocycles. The molecule has 9 heteroatoms. The van der Waals surface area contributed by atoms with Crippen LogP contribution in [0.4, 0.5) is 0 Å². The van der Waals surface area contributed by atoms with Crippen molar-refractivity contribution in [1.82, 2.24) is 10.2 Å². The van der Waals surface area contributed by atoms with E-state index in [1.54, 1.807) is 16.7 Å². The van der Waals surface area contributed by atoms with E-state index in [4.69, 9.17) is 4.74 Å². The van der Waals surface area contributed by atoms with Gasteiger partial charge < -0.3 is 24.9 Å². The zero-order chi connectivity index (χ0) is 17.8. The molecule has 134 valence electrons. The van der Waals surface area contributed by atoms with Gasteiger partial charge in [-0.15, -0.1) is 0 Å². The summed E-state index contributed by atoms with van der Waals surface area (Å²) < 4.78 is 4.81. The van der Waals surface area contributed by atoms with Crippen molar-refractivity contribution >= 4 is 29.5 Å². The predicted octanol–water partition coefficient (Wildman–Crippen LogP) is -4.19. The van der Waals surface area contributed by atoms with Gasteiger partial charge in [-0.2, -0.15) is 11.8 Å². The van der Waals surface area contributed by atoms with E-state index in [0.717, 1.165) is 17.1 Å². The molecular weight excluding hydrogens is 367 g/mol. The first-order chi connectivity index (χ1) is 12.1. The van der Waals surface area contributed by atoms with Crippen LogP contribution in [0.25, 0.3) is 0 Å². The van der Waals surface area contributed by atoms with Gasteiger partial charge in [0, 0.05) is 31.0 Å². The fourth-order valence-electron chi connectivity index (χ4n) is 2.80. The summed E-state index contributed by atoms with van der Waals surface area (Å²) >= 11 is 1.79. The summed E-state index contributed by atoms with van der Waals surface area (Å²) in [7, 11) is 0. The van der Waals surface area contributed by atoms with Gasteiger partial charge in [0.2, 0.25) is 5.91 Å². The zero-order valence-electron chi connectivity index (χ0n) is 14.6. The fourth-order valence-corrected chi connectivity index (χ4v) is 3.70. The maximum Gasteiger partial charge on any atom is 1.00 e. The minimum absolute atomic E-state index is 0. The van der Waals surface area contributed by atoms with Crippen LogP contribution in [-0.4, -0.2) is 65.5 Å². The molecule has 2 fully saturated rings. The summed E-state index contributed by atoms with van der Waals surface area (Å²) in [4.78, 5) is 37.5. The Morgan fingerprint density at radius 2 is 1.85 bits per heavy atom. The molecule has 0 unspecified atom stereocenters. The summed E-state index contributed by atoms with van der Waals surface area (Å²) in [6, 6.07) is 8.64. The number of amides is 2. The number of carboxylic acids is 1. The molecule has 2 amide bonds. The third kappa shape index (κ3) is 5.47. The van der Waals surface area contributed by atoms with Crippen LogP contribution < -0.4 is 40.0 Å². The Morgan fingerprint density at radius 3 is 2.42 bits per heavy atom. The summed E-state index contributed by atoms with van der Waals surface area (Å²) in [5.74, 6) is -0.413. The number of benzene rings is 1. The summed E-state index contributed by atoms with van der Waals surface area (Å²) in [5.41, 5.74) is 0.917. The molecule has 1 aromatic rings. The monoisotopic (exact) mass is 386 g/mol. The molecule has 2 aliphatic heterocycles. The molecule has 7 nitrogen and oxygen atoms in total. The summed E-state index contributed by atoms with van der Waals surface area (Å²) in [5, 5.41) is 13.4. The smallest absolute Gasteiger partial charge is 0.547 e. The number of carboxylic acid groups (broad SMARTS) is 1. The van der Waals surface area contributed by atoms with Gasteiger partial charge in [-0.1, -0.05) is 30.3 Å². The number of epoxide rings is 1. The van der Waals surface area contributed by atoms with Gasteiger partial charge in [-0.3, -0.25) is 9.59 Å². The largest absolute Gasteiger partial charge is 1.00 e. The molecule has 0 spiro atoms. The molecule has 2 aliphatic rings. The third-order valence-corrected chi connectivity index (χ3v) is 5.14. The molecule has 0 radical (unpaired) electrons. The number of carbonyl (C=O) groups is 3. The topological polar surface area (TPSA) is 102 Å². The molecule has 0 aliphatic carbocycles. The van der Waals surface area contributed by atoms with Crippen LogP contribution in [0.5, 0.6) is 0 Å². The maximum atomic E-state index is 12.8. The number of nitrogens with zero attached hydrogens (tertiary/aromatic N) is 1. The Labute approximate surface area is 178 Å². The molecular formula is C17H19N2NaO5S. The van der Waals surface area contributed by atoms with Crippen molar-refractivity contribution in [1.29, 1.82) is 0 Å². The van der Waals surface area contributed by atoms with Gasteiger partial charge in [0.25, 0.3) is 5.91 Å². The van der Waals surface area contributed by atoms with E-state index in [2.05, 4.69) is 5.32 Å². The van der Waals surface area contributed by atoms with Gasteiger partial charge >= 0.3 is 29.6 Å². The van der Waals surface area contributed by atoms with Crippen LogP contribution in [0, 0.1) is 0 Å². The Kier molecular flexibility index (Phi) is 7.97. The van der Waals surface area contributed by atoms with Crippen LogP contribution in [0.2, 0.25) is 0 Å². The molecule has 26 heavy (non-hydrogen) atoms. The van der Waals surface area contributed by atoms with Crippen LogP contribution in [0.3, 0.4) is 0 Å². The van der Waals surface area contributed by atoms with E-state index in [-0.39, 0.29) is 35.5 Å². The van der Waals surface area contributed by atoms with Gasteiger partial charge in [-0.05, 0) is 5.56 Å². The molecule has 3 rings (SSSR count). The second-order valence-electron chi connectivity index (χ2n) is 5.98. The fraction of sp³-hybridized carbons (Fsp3) is 0.471. The Bertz CT molecular complexity index is 654. The van der Waals surface area contributed by atoms with Gasteiger partial charge in [0.05, 0.1) is 5.97 Å². The Hall–Kier alpha value is -1.06. The average Bonchev–Trinajstić information content (AvgIpc) is 3.43. The maximum absolute atomic E-state index is 12.8. The summed E-state index contributed by atoms with van der Waals surface area (Å²) in [6.45, 7) is 1.29. The number of hydrogen-bond donors (Lipinski definition) is 1. The van der Waals surface area contributed by atoms with Gasteiger partial charge in [0.1, 0.15) is 12.1 Å². The van der Waals surface area contributed by atoms with Crippen molar-refractivity contribution in [2.45, 2.75) is 24.7 Å². The van der Waals surface area contributed by atoms with E-state index in [0.29, 0.717) is 19.5 Å². The number of nitrogens with one attached hydrogen (secondary N) is 1. The Morgan fingerprint density at radius 1 is 1.19 bits per heavy atom. The van der Waals surface area contributed by atoms with Crippen LogP contribution >= 0.6 is 11.8 Å². The first-order valence-electron chi connectivity index (χ1n) is 8.13. The van der Waals surface area contributed by atoms with E-state index >= 15 is 0 Å². The average molecular weight is 386 g/mol. The van der Waals surface area contributed by atoms with E-state index in [1.807, 2.05) is 30.3 Å². The van der Waals surface area contributed by atoms with Crippen molar-refractivity contribution < 1.29 is 53.8 Å². The molecule has 0 bridgehead atoms. The van der Waals surface area contributed by atoms with Crippen molar-refractivity contribution in [2.24, 2.45) is 0 Å². The standard InChI is InChI=1S/C17H20N2O5S.Na/c20-15(13-14(24-13)17(22)23)18-12(10-11-4-2-1-3-5-11)16(21)19-6-8-25-9-7-19;/h1-5,12-14H,6-10H2,(H,18,20)(H,22,23);/q;+1/p-1/t12-,13-,14-;/m0./s1. The van der Waals surface area contributed by atoms with Crippen molar-refractivity contribution in [3.63, 3.8) is 0 Å². The molecule has 1 N–H and O–H groups in total. The van der Waals surface area contributed by atoms with Crippen molar-refractivity contribution in [3.8, 4) is 0 Å². The normalized spacial score (nSPS) is 22.7. The quantitative estimate of drug-likeness (QED) is 0.393. The number of ether oxygens (including phenoxy) is 1.